The van der Waals surface area contributed by atoms with Crippen LogP contribution in [0.15, 0.2) is 34.5 Å². The van der Waals surface area contributed by atoms with E-state index in [9.17, 15) is 36.2 Å². The first kappa shape index (κ1) is 21.8. The fourth-order valence-corrected chi connectivity index (χ4v) is 4.54. The average Bonchev–Trinajstić information content (AvgIpc) is 3.10. The number of aliphatic hydroxyl groups is 1. The molecule has 1 aromatic heterocycles. The number of aliphatic hydroxyl groups excluding tert-OH is 1. The molecule has 0 aromatic carbocycles. The van der Waals surface area contributed by atoms with E-state index in [1.54, 1.807) is 4.90 Å². The molecule has 0 saturated carbocycles. The van der Waals surface area contributed by atoms with E-state index in [2.05, 4.69) is 9.98 Å². The van der Waals surface area contributed by atoms with Crippen LogP contribution in [0.3, 0.4) is 0 Å². The SMILES string of the molecule is O=C1CC2=C(C(C3CCN(c4ccc(C(F)(F)F)cn4)CC3)=NC2)[C@@H](C(F)(F)F)[C@@H]1O. The van der Waals surface area contributed by atoms with Gasteiger partial charge >= 0.3 is 12.4 Å². The number of aromatic nitrogens is 1. The van der Waals surface area contributed by atoms with Gasteiger partial charge in [0.15, 0.2) is 5.78 Å². The highest BCUT2D eigenvalue weighted by molar-refractivity contribution is 6.08. The van der Waals surface area contributed by atoms with Gasteiger partial charge in [-0.05, 0) is 36.1 Å². The van der Waals surface area contributed by atoms with E-state index in [0.717, 1.165) is 12.3 Å². The number of pyridine rings is 1. The lowest BCUT2D eigenvalue weighted by Gasteiger charge is -2.36. The molecule has 0 bridgehead atoms. The van der Waals surface area contributed by atoms with Crippen LogP contribution in [0.1, 0.15) is 24.8 Å². The van der Waals surface area contributed by atoms with Crippen molar-refractivity contribution in [3.8, 4) is 0 Å². The van der Waals surface area contributed by atoms with Crippen molar-refractivity contribution in [3.63, 3.8) is 0 Å². The number of alkyl halides is 6. The average molecular weight is 447 g/mol. The molecule has 3 heterocycles. The van der Waals surface area contributed by atoms with E-state index in [1.165, 1.54) is 6.07 Å². The maximum absolute atomic E-state index is 13.6. The summed E-state index contributed by atoms with van der Waals surface area (Å²) < 4.78 is 79.0. The molecule has 168 valence electrons. The summed E-state index contributed by atoms with van der Waals surface area (Å²) in [6.45, 7) is 0.808. The molecule has 1 saturated heterocycles. The molecule has 11 heteroatoms. The van der Waals surface area contributed by atoms with Crippen LogP contribution in [0.5, 0.6) is 0 Å². The third kappa shape index (κ3) is 4.07. The number of halogens is 6. The molecule has 1 fully saturated rings. The minimum atomic E-state index is -4.77. The zero-order valence-corrected chi connectivity index (χ0v) is 16.2. The molecule has 3 aliphatic rings. The first-order valence-corrected chi connectivity index (χ1v) is 9.79. The Hall–Kier alpha value is -2.43. The summed E-state index contributed by atoms with van der Waals surface area (Å²) in [6.07, 6.45) is -9.98. The lowest BCUT2D eigenvalue weighted by Crippen LogP contribution is -2.46. The lowest BCUT2D eigenvalue weighted by molar-refractivity contribution is -0.190. The van der Waals surface area contributed by atoms with Crippen LogP contribution in [0.4, 0.5) is 32.2 Å². The summed E-state index contributed by atoms with van der Waals surface area (Å²) in [6, 6.07) is 2.22. The number of nitrogens with zero attached hydrogens (tertiary/aromatic N) is 3. The van der Waals surface area contributed by atoms with Gasteiger partial charge in [0.2, 0.25) is 0 Å². The van der Waals surface area contributed by atoms with Gasteiger partial charge < -0.3 is 10.0 Å². The van der Waals surface area contributed by atoms with Gasteiger partial charge in [0.1, 0.15) is 17.8 Å². The highest BCUT2D eigenvalue weighted by Crippen LogP contribution is 2.45. The first-order valence-electron chi connectivity index (χ1n) is 9.79. The van der Waals surface area contributed by atoms with Gasteiger partial charge in [-0.15, -0.1) is 0 Å². The number of rotatable bonds is 2. The van der Waals surface area contributed by atoms with E-state index in [-0.39, 0.29) is 24.5 Å². The Morgan fingerprint density at radius 3 is 2.29 bits per heavy atom. The van der Waals surface area contributed by atoms with Crippen molar-refractivity contribution < 1.29 is 36.2 Å². The lowest BCUT2D eigenvalue weighted by atomic mass is 9.74. The molecule has 1 aromatic rings. The minimum Gasteiger partial charge on any atom is -0.384 e. The molecule has 31 heavy (non-hydrogen) atoms. The fourth-order valence-electron chi connectivity index (χ4n) is 4.54. The van der Waals surface area contributed by atoms with Gasteiger partial charge in [-0.1, -0.05) is 0 Å². The van der Waals surface area contributed by atoms with Crippen molar-refractivity contribution in [1.29, 1.82) is 0 Å². The first-order chi connectivity index (χ1) is 14.5. The van der Waals surface area contributed by atoms with Crippen LogP contribution < -0.4 is 4.90 Å². The number of Topliss-reactive ketones (excluding diaryl/α,β-unsaturated/α-hetero) is 1. The number of hydrogen-bond donors (Lipinski definition) is 1. The second-order valence-electron chi connectivity index (χ2n) is 7.99. The highest BCUT2D eigenvalue weighted by atomic mass is 19.4. The Labute approximate surface area is 173 Å². The summed E-state index contributed by atoms with van der Waals surface area (Å²) in [5.41, 5.74) is -0.288. The van der Waals surface area contributed by atoms with E-state index >= 15 is 0 Å². The smallest absolute Gasteiger partial charge is 0.384 e. The topological polar surface area (TPSA) is 65.8 Å². The maximum atomic E-state index is 13.6. The minimum absolute atomic E-state index is 0.0242. The van der Waals surface area contributed by atoms with Crippen molar-refractivity contribution in [2.75, 3.05) is 24.5 Å². The highest BCUT2D eigenvalue weighted by Gasteiger charge is 2.54. The second kappa shape index (κ2) is 7.61. The number of carbonyl (C=O) groups is 1. The Balaban J connectivity index is 1.48. The van der Waals surface area contributed by atoms with Crippen LogP contribution in [-0.4, -0.2) is 53.5 Å². The summed E-state index contributed by atoms with van der Waals surface area (Å²) >= 11 is 0. The standard InChI is InChI=1S/C20H19F6N3O2/c21-19(22,23)12-1-2-14(27-9-12)29-5-3-10(4-6-29)17-15-11(8-28-17)7-13(30)18(31)16(15)20(24,25)26/h1-2,9-10,16,18,31H,3-8H2/t16-,18-/m1/s1. The van der Waals surface area contributed by atoms with Gasteiger partial charge in [0.25, 0.3) is 0 Å². The van der Waals surface area contributed by atoms with Gasteiger partial charge in [-0.25, -0.2) is 4.98 Å². The van der Waals surface area contributed by atoms with Gasteiger partial charge in [-0.2, -0.15) is 26.3 Å². The Bertz CT molecular complexity index is 928. The van der Waals surface area contributed by atoms with Crippen molar-refractivity contribution in [1.82, 2.24) is 4.98 Å². The monoisotopic (exact) mass is 447 g/mol. The number of hydrogen-bond acceptors (Lipinski definition) is 5. The zero-order valence-electron chi connectivity index (χ0n) is 16.2. The van der Waals surface area contributed by atoms with Crippen LogP contribution in [-0.2, 0) is 11.0 Å². The molecule has 2 atom stereocenters. The maximum Gasteiger partial charge on any atom is 0.417 e. The number of piperidine rings is 1. The molecule has 2 aliphatic heterocycles. The molecule has 0 unspecified atom stereocenters. The largest absolute Gasteiger partial charge is 0.417 e. The number of aliphatic imine (C=N–C) groups is 1. The molecule has 0 amide bonds. The zero-order chi connectivity index (χ0) is 22.6. The van der Waals surface area contributed by atoms with E-state index < -0.39 is 35.7 Å². The molecular weight excluding hydrogens is 428 g/mol. The Morgan fingerprint density at radius 2 is 1.74 bits per heavy atom. The molecule has 0 radical (unpaired) electrons. The van der Waals surface area contributed by atoms with Crippen LogP contribution in [0.2, 0.25) is 0 Å². The predicted molar refractivity (Wildman–Crippen MR) is 98.7 cm³/mol. The molecule has 4 rings (SSSR count). The van der Waals surface area contributed by atoms with Gasteiger partial charge in [0.05, 0.1) is 12.1 Å². The van der Waals surface area contributed by atoms with Crippen molar-refractivity contribution >= 4 is 17.3 Å². The summed E-state index contributed by atoms with van der Waals surface area (Å²) in [4.78, 5) is 21.8. The summed E-state index contributed by atoms with van der Waals surface area (Å²) in [5, 5.41) is 9.95. The van der Waals surface area contributed by atoms with E-state index in [4.69, 9.17) is 0 Å². The number of ketones is 1. The number of carbonyl (C=O) groups excluding carboxylic acids is 1. The van der Waals surface area contributed by atoms with Gasteiger partial charge in [-0.3, -0.25) is 9.79 Å². The van der Waals surface area contributed by atoms with E-state index in [0.29, 0.717) is 43.0 Å². The summed E-state index contributed by atoms with van der Waals surface area (Å²) in [5.74, 6) is -3.03. The van der Waals surface area contributed by atoms with Crippen molar-refractivity contribution in [3.05, 3.63) is 35.0 Å². The van der Waals surface area contributed by atoms with E-state index in [1.807, 2.05) is 0 Å². The Morgan fingerprint density at radius 1 is 1.06 bits per heavy atom. The van der Waals surface area contributed by atoms with Gasteiger partial charge in [0, 0.05) is 37.3 Å². The van der Waals surface area contributed by atoms with Crippen LogP contribution in [0.25, 0.3) is 0 Å². The second-order valence-corrected chi connectivity index (χ2v) is 7.99. The third-order valence-electron chi connectivity index (χ3n) is 6.07. The number of anilines is 1. The van der Waals surface area contributed by atoms with Crippen LogP contribution in [0, 0.1) is 11.8 Å². The molecule has 1 N–H and O–H groups in total. The van der Waals surface area contributed by atoms with Crippen LogP contribution >= 0.6 is 0 Å². The van der Waals surface area contributed by atoms with Crippen molar-refractivity contribution in [2.24, 2.45) is 16.8 Å². The molecular formula is C20H19F6N3O2. The quantitative estimate of drug-likeness (QED) is 0.704. The molecule has 5 nitrogen and oxygen atoms in total. The van der Waals surface area contributed by atoms with Crippen molar-refractivity contribution in [2.45, 2.75) is 37.7 Å². The molecule has 0 spiro atoms. The normalized spacial score (nSPS) is 25.7. The molecule has 1 aliphatic carbocycles. The third-order valence-corrected chi connectivity index (χ3v) is 6.07. The predicted octanol–water partition coefficient (Wildman–Crippen LogP) is 3.58. The summed E-state index contributed by atoms with van der Waals surface area (Å²) in [7, 11) is 0. The Kier molecular flexibility index (Phi) is 5.35. The fraction of sp³-hybridized carbons (Fsp3) is 0.550.